The summed E-state index contributed by atoms with van der Waals surface area (Å²) in [6.07, 6.45) is 2.25. The van der Waals surface area contributed by atoms with Crippen LogP contribution in [0, 0.1) is 5.92 Å². The van der Waals surface area contributed by atoms with Crippen LogP contribution >= 0.6 is 0 Å². The van der Waals surface area contributed by atoms with Crippen molar-refractivity contribution in [2.45, 2.75) is 25.8 Å². The van der Waals surface area contributed by atoms with Crippen LogP contribution in [0.4, 0.5) is 4.79 Å². The van der Waals surface area contributed by atoms with Gasteiger partial charge in [0.15, 0.2) is 6.33 Å². The van der Waals surface area contributed by atoms with Gasteiger partial charge in [-0.25, -0.2) is 4.79 Å². The molecular formula is C11H16N4O4. The first-order valence-corrected chi connectivity index (χ1v) is 6.12. The van der Waals surface area contributed by atoms with Crippen molar-refractivity contribution in [1.82, 2.24) is 20.4 Å². The first-order chi connectivity index (χ1) is 9.09. The van der Waals surface area contributed by atoms with E-state index in [0.717, 1.165) is 0 Å². The van der Waals surface area contributed by atoms with E-state index in [1.165, 1.54) is 6.33 Å². The van der Waals surface area contributed by atoms with E-state index >= 15 is 0 Å². The number of urea groups is 1. The maximum atomic E-state index is 11.9. The normalized spacial score (nSPS) is 22.5. The summed E-state index contributed by atoms with van der Waals surface area (Å²) in [6, 6.07) is -0.545. The molecule has 1 aromatic rings. The molecule has 19 heavy (non-hydrogen) atoms. The second-order valence-electron chi connectivity index (χ2n) is 4.48. The van der Waals surface area contributed by atoms with Gasteiger partial charge >= 0.3 is 12.0 Å². The van der Waals surface area contributed by atoms with Gasteiger partial charge in [-0.2, -0.15) is 4.98 Å². The number of carboxylic acid groups (broad SMARTS) is 1. The summed E-state index contributed by atoms with van der Waals surface area (Å²) in [7, 11) is 0. The number of aliphatic carboxylic acids is 1. The summed E-state index contributed by atoms with van der Waals surface area (Å²) < 4.78 is 4.81. The van der Waals surface area contributed by atoms with Crippen molar-refractivity contribution >= 4 is 12.0 Å². The van der Waals surface area contributed by atoms with Crippen molar-refractivity contribution in [3.05, 3.63) is 12.2 Å². The quantitative estimate of drug-likeness (QED) is 0.802. The Morgan fingerprint density at radius 1 is 1.63 bits per heavy atom. The monoisotopic (exact) mass is 268 g/mol. The van der Waals surface area contributed by atoms with Gasteiger partial charge in [-0.1, -0.05) is 5.16 Å². The lowest BCUT2D eigenvalue weighted by Crippen LogP contribution is -2.44. The van der Waals surface area contributed by atoms with Crippen LogP contribution in [0.3, 0.4) is 0 Å². The summed E-state index contributed by atoms with van der Waals surface area (Å²) in [5, 5.41) is 15.2. The molecule has 0 spiro atoms. The molecule has 0 radical (unpaired) electrons. The first kappa shape index (κ1) is 13.3. The molecule has 2 heterocycles. The van der Waals surface area contributed by atoms with Crippen LogP contribution in [0.2, 0.25) is 0 Å². The average Bonchev–Trinajstić information content (AvgIpc) is 2.98. The third-order valence-electron chi connectivity index (χ3n) is 3.36. The number of nitrogens with zero attached hydrogens (tertiary/aromatic N) is 3. The van der Waals surface area contributed by atoms with E-state index in [-0.39, 0.29) is 12.1 Å². The molecule has 0 aliphatic carbocycles. The maximum absolute atomic E-state index is 11.9. The fourth-order valence-electron chi connectivity index (χ4n) is 2.24. The molecule has 8 nitrogen and oxygen atoms in total. The van der Waals surface area contributed by atoms with Gasteiger partial charge in [0.25, 0.3) is 0 Å². The van der Waals surface area contributed by atoms with Gasteiger partial charge in [-0.15, -0.1) is 0 Å². The van der Waals surface area contributed by atoms with Crippen molar-refractivity contribution in [1.29, 1.82) is 0 Å². The van der Waals surface area contributed by atoms with Crippen molar-refractivity contribution in [3.63, 3.8) is 0 Å². The van der Waals surface area contributed by atoms with E-state index in [2.05, 4.69) is 15.5 Å². The van der Waals surface area contributed by atoms with Crippen molar-refractivity contribution in [3.8, 4) is 0 Å². The number of likely N-dealkylation sites (tertiary alicyclic amines) is 1. The smallest absolute Gasteiger partial charge is 0.317 e. The molecular weight excluding hydrogens is 252 g/mol. The lowest BCUT2D eigenvalue weighted by atomic mass is 10.0. The Hall–Kier alpha value is -2.12. The third kappa shape index (κ3) is 3.01. The number of amides is 2. The van der Waals surface area contributed by atoms with E-state index < -0.39 is 11.9 Å². The molecule has 2 amide bonds. The minimum Gasteiger partial charge on any atom is -0.481 e. The van der Waals surface area contributed by atoms with Crippen molar-refractivity contribution in [2.24, 2.45) is 5.92 Å². The fraction of sp³-hybridized carbons (Fsp3) is 0.636. The number of hydrogen-bond donors (Lipinski definition) is 2. The highest BCUT2D eigenvalue weighted by Gasteiger charge is 2.37. The molecule has 1 fully saturated rings. The molecule has 2 unspecified atom stereocenters. The Bertz CT molecular complexity index is 448. The fourth-order valence-corrected chi connectivity index (χ4v) is 2.24. The van der Waals surface area contributed by atoms with Gasteiger partial charge in [0.1, 0.15) is 0 Å². The summed E-state index contributed by atoms with van der Waals surface area (Å²) >= 11 is 0. The third-order valence-corrected chi connectivity index (χ3v) is 3.36. The van der Waals surface area contributed by atoms with Gasteiger partial charge in [0.2, 0.25) is 5.89 Å². The standard InChI is InChI=1S/C11H16N4O4/c1-7-8(10(16)17)3-5-15(7)11(18)12-4-2-9-13-6-14-19-9/h6-8H,2-5H2,1H3,(H,12,18)(H,16,17). The van der Waals surface area contributed by atoms with E-state index in [1.54, 1.807) is 11.8 Å². The molecule has 0 aromatic carbocycles. The Kier molecular flexibility index (Phi) is 3.98. The summed E-state index contributed by atoms with van der Waals surface area (Å²) in [5.74, 6) is -0.881. The van der Waals surface area contributed by atoms with Crippen LogP contribution in [-0.4, -0.2) is 51.3 Å². The lowest BCUT2D eigenvalue weighted by Gasteiger charge is -2.23. The zero-order chi connectivity index (χ0) is 13.8. The van der Waals surface area contributed by atoms with Crippen LogP contribution < -0.4 is 5.32 Å². The van der Waals surface area contributed by atoms with Gasteiger partial charge in [-0.3, -0.25) is 4.79 Å². The highest BCUT2D eigenvalue weighted by Crippen LogP contribution is 2.24. The van der Waals surface area contributed by atoms with Crippen molar-refractivity contribution < 1.29 is 19.2 Å². The molecule has 2 N–H and O–H groups in total. The lowest BCUT2D eigenvalue weighted by molar-refractivity contribution is -0.142. The van der Waals surface area contributed by atoms with Gasteiger partial charge < -0.3 is 19.8 Å². The first-order valence-electron chi connectivity index (χ1n) is 6.12. The Balaban J connectivity index is 1.79. The maximum Gasteiger partial charge on any atom is 0.317 e. The molecule has 8 heteroatoms. The van der Waals surface area contributed by atoms with Crippen LogP contribution in [0.5, 0.6) is 0 Å². The van der Waals surface area contributed by atoms with Gasteiger partial charge in [0.05, 0.1) is 5.92 Å². The number of rotatable bonds is 4. The minimum atomic E-state index is -0.853. The number of hydrogen-bond acceptors (Lipinski definition) is 5. The molecule has 0 saturated carbocycles. The number of carbonyl (C=O) groups excluding carboxylic acids is 1. The second-order valence-corrected chi connectivity index (χ2v) is 4.48. The highest BCUT2D eigenvalue weighted by molar-refractivity contribution is 5.78. The molecule has 1 saturated heterocycles. The summed E-state index contributed by atoms with van der Waals surface area (Å²) in [6.45, 7) is 2.59. The number of carboxylic acids is 1. The average molecular weight is 268 g/mol. The molecule has 0 bridgehead atoms. The summed E-state index contributed by atoms with van der Waals surface area (Å²) in [4.78, 5) is 28.3. The van der Waals surface area contributed by atoms with Gasteiger partial charge in [-0.05, 0) is 13.3 Å². The molecule has 2 rings (SSSR count). The van der Waals surface area contributed by atoms with Gasteiger partial charge in [0, 0.05) is 25.6 Å². The number of nitrogens with one attached hydrogen (secondary N) is 1. The molecule has 104 valence electrons. The second kappa shape index (κ2) is 5.68. The predicted molar refractivity (Wildman–Crippen MR) is 63.3 cm³/mol. The number of aromatic nitrogens is 2. The van der Waals surface area contributed by atoms with E-state index in [0.29, 0.717) is 31.8 Å². The van der Waals surface area contributed by atoms with Crippen molar-refractivity contribution in [2.75, 3.05) is 13.1 Å². The minimum absolute atomic E-state index is 0.254. The van der Waals surface area contributed by atoms with Crippen LogP contribution in [0.15, 0.2) is 10.9 Å². The predicted octanol–water partition coefficient (Wildman–Crippen LogP) is 0.117. The number of carbonyl (C=O) groups is 2. The molecule has 1 aromatic heterocycles. The zero-order valence-corrected chi connectivity index (χ0v) is 10.6. The molecule has 2 atom stereocenters. The Morgan fingerprint density at radius 3 is 3.00 bits per heavy atom. The largest absolute Gasteiger partial charge is 0.481 e. The zero-order valence-electron chi connectivity index (χ0n) is 10.6. The van der Waals surface area contributed by atoms with E-state index in [9.17, 15) is 9.59 Å². The summed E-state index contributed by atoms with van der Waals surface area (Å²) in [5.41, 5.74) is 0. The van der Waals surface area contributed by atoms with E-state index in [4.69, 9.17) is 9.63 Å². The molecule has 1 aliphatic rings. The van der Waals surface area contributed by atoms with Crippen LogP contribution in [0.1, 0.15) is 19.2 Å². The van der Waals surface area contributed by atoms with Crippen LogP contribution in [0.25, 0.3) is 0 Å². The topological polar surface area (TPSA) is 109 Å². The highest BCUT2D eigenvalue weighted by atomic mass is 16.5. The Morgan fingerprint density at radius 2 is 2.42 bits per heavy atom. The Labute approximate surface area is 109 Å². The SMILES string of the molecule is CC1C(C(=O)O)CCN1C(=O)NCCc1ncno1. The van der Waals surface area contributed by atoms with E-state index in [1.807, 2.05) is 0 Å². The van der Waals surface area contributed by atoms with Crippen LogP contribution in [-0.2, 0) is 11.2 Å². The molecule has 1 aliphatic heterocycles.